The summed E-state index contributed by atoms with van der Waals surface area (Å²) in [6.45, 7) is 1.96. The highest BCUT2D eigenvalue weighted by atomic mass is 16.3. The van der Waals surface area contributed by atoms with E-state index < -0.39 is 6.10 Å². The molecule has 2 aromatic heterocycles. The molecule has 0 aliphatic carbocycles. The summed E-state index contributed by atoms with van der Waals surface area (Å²) in [5.74, 6) is 0.775. The third kappa shape index (κ3) is 3.70. The molecule has 2 atom stereocenters. The third-order valence-corrected chi connectivity index (χ3v) is 5.15. The van der Waals surface area contributed by atoms with Crippen LogP contribution in [0.4, 0.5) is 0 Å². The highest BCUT2D eigenvalue weighted by molar-refractivity contribution is 5.94. The molecule has 3 aromatic rings. The van der Waals surface area contributed by atoms with Gasteiger partial charge in [0.1, 0.15) is 5.82 Å². The summed E-state index contributed by atoms with van der Waals surface area (Å²) in [5.41, 5.74) is 2.59. The summed E-state index contributed by atoms with van der Waals surface area (Å²) in [6.07, 6.45) is 3.24. The quantitative estimate of drug-likeness (QED) is 0.729. The Bertz CT molecular complexity index is 940. The lowest BCUT2D eigenvalue weighted by Crippen LogP contribution is -2.53. The number of aliphatic hydroxyl groups is 1. The molecular weight excluding hydrogens is 342 g/mol. The number of carbonyl (C=O) groups is 1. The van der Waals surface area contributed by atoms with Crippen molar-refractivity contribution >= 4 is 16.9 Å². The van der Waals surface area contributed by atoms with E-state index in [0.29, 0.717) is 25.1 Å². The van der Waals surface area contributed by atoms with Gasteiger partial charge in [-0.25, -0.2) is 4.98 Å². The summed E-state index contributed by atoms with van der Waals surface area (Å²) < 4.78 is 2.10. The predicted octanol–water partition coefficient (Wildman–Crippen LogP) is 1.33. The van der Waals surface area contributed by atoms with Crippen LogP contribution in [-0.4, -0.2) is 55.7 Å². The molecule has 0 bridgehead atoms. The molecule has 1 aromatic carbocycles. The molecule has 4 rings (SSSR count). The molecule has 0 spiro atoms. The number of rotatable bonds is 4. The lowest BCUT2D eigenvalue weighted by molar-refractivity contribution is 0.0338. The fourth-order valence-corrected chi connectivity index (χ4v) is 3.59. The van der Waals surface area contributed by atoms with Crippen LogP contribution in [0.25, 0.3) is 11.0 Å². The highest BCUT2D eigenvalue weighted by Gasteiger charge is 2.29. The zero-order valence-electron chi connectivity index (χ0n) is 15.2. The van der Waals surface area contributed by atoms with Crippen LogP contribution >= 0.6 is 0 Å². The van der Waals surface area contributed by atoms with Crippen LogP contribution in [0.2, 0.25) is 0 Å². The number of β-amino-alcohol motifs (C(OH)–C–C–N with tert-alkyl or cyclic N) is 1. The zero-order valence-corrected chi connectivity index (χ0v) is 15.2. The van der Waals surface area contributed by atoms with Gasteiger partial charge in [-0.1, -0.05) is 12.1 Å². The number of hydrogen-bond acceptors (Lipinski definition) is 5. The molecule has 3 heterocycles. The van der Waals surface area contributed by atoms with E-state index in [1.54, 1.807) is 18.3 Å². The van der Waals surface area contributed by atoms with Gasteiger partial charge in [-0.3, -0.25) is 14.7 Å². The standard InChI is InChI=1S/C20H23N5O2/c1-24-17-7-3-2-6-15(17)22-19(24)13-25-10-8-16(18(26)12-25)23-20(27)14-5-4-9-21-11-14/h2-7,9,11,16,18,26H,8,10,12-13H2,1H3,(H,23,27)/t16-,18-/m1/s1. The fourth-order valence-electron chi connectivity index (χ4n) is 3.59. The molecule has 0 unspecified atom stereocenters. The van der Waals surface area contributed by atoms with Crippen molar-refractivity contribution in [3.8, 4) is 0 Å². The Kier molecular flexibility index (Phi) is 4.87. The van der Waals surface area contributed by atoms with Crippen LogP contribution < -0.4 is 5.32 Å². The Balaban J connectivity index is 1.38. The van der Waals surface area contributed by atoms with E-state index in [4.69, 9.17) is 4.98 Å². The monoisotopic (exact) mass is 365 g/mol. The van der Waals surface area contributed by atoms with Crippen LogP contribution in [0.15, 0.2) is 48.8 Å². The summed E-state index contributed by atoms with van der Waals surface area (Å²) in [5, 5.41) is 13.4. The fraction of sp³-hybridized carbons (Fsp3) is 0.350. The molecule has 140 valence electrons. The normalized spacial score (nSPS) is 20.7. The van der Waals surface area contributed by atoms with Crippen molar-refractivity contribution in [1.82, 2.24) is 24.8 Å². The Hall–Kier alpha value is -2.77. The molecule has 2 N–H and O–H groups in total. The number of aromatic nitrogens is 3. The average molecular weight is 365 g/mol. The van der Waals surface area contributed by atoms with Crippen molar-refractivity contribution in [1.29, 1.82) is 0 Å². The van der Waals surface area contributed by atoms with Gasteiger partial charge in [-0.15, -0.1) is 0 Å². The second-order valence-electron chi connectivity index (χ2n) is 6.99. The van der Waals surface area contributed by atoms with E-state index in [-0.39, 0.29) is 11.9 Å². The Morgan fingerprint density at radius 3 is 2.89 bits per heavy atom. The van der Waals surface area contributed by atoms with Gasteiger partial charge in [0, 0.05) is 32.5 Å². The minimum Gasteiger partial charge on any atom is -0.390 e. The van der Waals surface area contributed by atoms with Crippen molar-refractivity contribution in [3.63, 3.8) is 0 Å². The van der Waals surface area contributed by atoms with E-state index in [2.05, 4.69) is 25.8 Å². The summed E-state index contributed by atoms with van der Waals surface area (Å²) in [4.78, 5) is 23.1. The van der Waals surface area contributed by atoms with E-state index in [1.165, 1.54) is 6.20 Å². The van der Waals surface area contributed by atoms with E-state index in [1.807, 2.05) is 25.2 Å². The van der Waals surface area contributed by atoms with Crippen molar-refractivity contribution in [2.45, 2.75) is 25.1 Å². The largest absolute Gasteiger partial charge is 0.390 e. The smallest absolute Gasteiger partial charge is 0.253 e. The molecule has 7 heteroatoms. The lowest BCUT2D eigenvalue weighted by Gasteiger charge is -2.36. The van der Waals surface area contributed by atoms with Crippen LogP contribution in [-0.2, 0) is 13.6 Å². The first-order valence-electron chi connectivity index (χ1n) is 9.13. The van der Waals surface area contributed by atoms with Gasteiger partial charge < -0.3 is 15.0 Å². The molecule has 7 nitrogen and oxygen atoms in total. The average Bonchev–Trinajstić information content (AvgIpc) is 3.00. The Morgan fingerprint density at radius 1 is 1.30 bits per heavy atom. The van der Waals surface area contributed by atoms with Gasteiger partial charge in [-0.2, -0.15) is 0 Å². The summed E-state index contributed by atoms with van der Waals surface area (Å²) in [6, 6.07) is 11.2. The lowest BCUT2D eigenvalue weighted by atomic mass is 10.0. The maximum Gasteiger partial charge on any atom is 0.253 e. The van der Waals surface area contributed by atoms with Gasteiger partial charge >= 0.3 is 0 Å². The third-order valence-electron chi connectivity index (χ3n) is 5.15. The number of fused-ring (bicyclic) bond motifs is 1. The number of benzene rings is 1. The number of imidazole rings is 1. The summed E-state index contributed by atoms with van der Waals surface area (Å²) in [7, 11) is 2.02. The topological polar surface area (TPSA) is 83.3 Å². The molecular formula is C20H23N5O2. The number of aliphatic hydroxyl groups excluding tert-OH is 1. The number of nitrogens with zero attached hydrogens (tertiary/aromatic N) is 4. The van der Waals surface area contributed by atoms with Crippen molar-refractivity contribution < 1.29 is 9.90 Å². The first kappa shape index (κ1) is 17.6. The first-order chi connectivity index (χ1) is 13.1. The first-order valence-corrected chi connectivity index (χ1v) is 9.13. The number of pyridine rings is 1. The van der Waals surface area contributed by atoms with Gasteiger partial charge in [0.25, 0.3) is 5.91 Å². The number of amides is 1. The van der Waals surface area contributed by atoms with Crippen LogP contribution in [0.1, 0.15) is 22.6 Å². The number of likely N-dealkylation sites (tertiary alicyclic amines) is 1. The van der Waals surface area contributed by atoms with Crippen LogP contribution in [0.5, 0.6) is 0 Å². The van der Waals surface area contributed by atoms with Crippen molar-refractivity contribution in [2.75, 3.05) is 13.1 Å². The Labute approximate surface area is 157 Å². The van der Waals surface area contributed by atoms with Gasteiger partial charge in [-0.05, 0) is 30.7 Å². The van der Waals surface area contributed by atoms with E-state index in [9.17, 15) is 9.90 Å². The number of piperidine rings is 1. The molecule has 1 saturated heterocycles. The number of nitrogens with one attached hydrogen (secondary N) is 1. The molecule has 1 aliphatic rings. The van der Waals surface area contributed by atoms with Crippen LogP contribution in [0, 0.1) is 0 Å². The minimum atomic E-state index is -0.617. The van der Waals surface area contributed by atoms with E-state index in [0.717, 1.165) is 23.4 Å². The maximum atomic E-state index is 12.3. The number of hydrogen-bond donors (Lipinski definition) is 2. The maximum absolute atomic E-state index is 12.3. The number of carbonyl (C=O) groups excluding carboxylic acids is 1. The van der Waals surface area contributed by atoms with Gasteiger partial charge in [0.2, 0.25) is 0 Å². The highest BCUT2D eigenvalue weighted by Crippen LogP contribution is 2.18. The molecule has 0 saturated carbocycles. The van der Waals surface area contributed by atoms with E-state index >= 15 is 0 Å². The van der Waals surface area contributed by atoms with Gasteiger partial charge in [0.05, 0.1) is 35.3 Å². The molecule has 27 heavy (non-hydrogen) atoms. The molecule has 1 fully saturated rings. The second-order valence-corrected chi connectivity index (χ2v) is 6.99. The SMILES string of the molecule is Cn1c(CN2CC[C@@H](NC(=O)c3cccnc3)[C@H](O)C2)nc2ccccc21. The summed E-state index contributed by atoms with van der Waals surface area (Å²) >= 11 is 0. The van der Waals surface area contributed by atoms with Crippen molar-refractivity contribution in [2.24, 2.45) is 7.05 Å². The van der Waals surface area contributed by atoms with Crippen LogP contribution in [0.3, 0.4) is 0 Å². The molecule has 1 aliphatic heterocycles. The molecule has 1 amide bonds. The Morgan fingerprint density at radius 2 is 2.15 bits per heavy atom. The second kappa shape index (κ2) is 7.46. The van der Waals surface area contributed by atoms with Gasteiger partial charge in [0.15, 0.2) is 0 Å². The number of para-hydroxylation sites is 2. The zero-order chi connectivity index (χ0) is 18.8. The number of aryl methyl sites for hydroxylation is 1. The molecule has 0 radical (unpaired) electrons. The predicted molar refractivity (Wildman–Crippen MR) is 102 cm³/mol. The minimum absolute atomic E-state index is 0.198. The van der Waals surface area contributed by atoms with Crippen molar-refractivity contribution in [3.05, 3.63) is 60.2 Å².